The van der Waals surface area contributed by atoms with Gasteiger partial charge in [-0.05, 0) is 56.0 Å². The molecule has 0 spiro atoms. The van der Waals surface area contributed by atoms with E-state index in [9.17, 15) is 13.5 Å². The minimum absolute atomic E-state index is 0.0873. The first-order valence-electron chi connectivity index (χ1n) is 11.0. The molecule has 6 nitrogen and oxygen atoms in total. The highest BCUT2D eigenvalue weighted by molar-refractivity contribution is 7.92. The Bertz CT molecular complexity index is 1060. The van der Waals surface area contributed by atoms with E-state index in [-0.39, 0.29) is 6.04 Å². The van der Waals surface area contributed by atoms with Gasteiger partial charge in [0.15, 0.2) is 0 Å². The summed E-state index contributed by atoms with van der Waals surface area (Å²) >= 11 is 0. The lowest BCUT2D eigenvalue weighted by Gasteiger charge is -2.37. The monoisotopic (exact) mass is 443 g/mol. The second kappa shape index (κ2) is 8.45. The summed E-state index contributed by atoms with van der Waals surface area (Å²) in [5.74, 6) is 0. The summed E-state index contributed by atoms with van der Waals surface area (Å²) in [4.78, 5) is 4.73. The quantitative estimate of drug-likeness (QED) is 0.770. The first-order valence-corrected chi connectivity index (χ1v) is 12.8. The van der Waals surface area contributed by atoms with Crippen molar-refractivity contribution in [1.82, 2.24) is 4.90 Å². The Morgan fingerprint density at radius 1 is 1.03 bits per heavy atom. The fraction of sp³-hybridized carbons (Fsp3) is 0.500. The smallest absolute Gasteiger partial charge is 0.232 e. The van der Waals surface area contributed by atoms with Gasteiger partial charge in [-0.3, -0.25) is 9.21 Å². The molecular weight excluding hydrogens is 410 g/mol. The molecule has 1 fully saturated rings. The maximum absolute atomic E-state index is 12.1. The highest BCUT2D eigenvalue weighted by Gasteiger charge is 2.33. The Balaban J connectivity index is 1.39. The predicted octanol–water partition coefficient (Wildman–Crippen LogP) is 2.87. The third-order valence-electron chi connectivity index (χ3n) is 6.50. The van der Waals surface area contributed by atoms with Crippen LogP contribution in [0.15, 0.2) is 36.4 Å². The van der Waals surface area contributed by atoms with Crippen molar-refractivity contribution in [2.24, 2.45) is 0 Å². The molecule has 2 aromatic rings. The summed E-state index contributed by atoms with van der Waals surface area (Å²) in [6.45, 7) is 10.5. The average Bonchev–Trinajstić information content (AvgIpc) is 3.04. The molecule has 0 saturated carbocycles. The lowest BCUT2D eigenvalue weighted by atomic mass is 10.0. The summed E-state index contributed by atoms with van der Waals surface area (Å²) in [5, 5.41) is 10.9. The number of aliphatic hydroxyl groups is 1. The number of hydrogen-bond acceptors (Lipinski definition) is 5. The third-order valence-corrected chi connectivity index (χ3v) is 7.77. The van der Waals surface area contributed by atoms with E-state index in [0.29, 0.717) is 13.0 Å². The van der Waals surface area contributed by atoms with E-state index in [1.807, 2.05) is 25.1 Å². The van der Waals surface area contributed by atoms with E-state index < -0.39 is 16.1 Å². The van der Waals surface area contributed by atoms with Crippen LogP contribution in [-0.2, 0) is 16.4 Å². The van der Waals surface area contributed by atoms with Gasteiger partial charge in [-0.15, -0.1) is 0 Å². The topological polar surface area (TPSA) is 64.1 Å². The number of sulfonamides is 1. The first-order chi connectivity index (χ1) is 14.6. The van der Waals surface area contributed by atoms with Crippen LogP contribution in [0.5, 0.6) is 0 Å². The van der Waals surface area contributed by atoms with Crippen molar-refractivity contribution in [3.63, 3.8) is 0 Å². The summed E-state index contributed by atoms with van der Waals surface area (Å²) in [5.41, 5.74) is 6.49. The Labute approximate surface area is 186 Å². The molecule has 0 aromatic heterocycles. The normalized spacial score (nSPS) is 20.7. The van der Waals surface area contributed by atoms with Crippen molar-refractivity contribution < 1.29 is 13.5 Å². The molecule has 2 aliphatic heterocycles. The van der Waals surface area contributed by atoms with Crippen LogP contribution in [0, 0.1) is 13.8 Å². The molecule has 31 heavy (non-hydrogen) atoms. The van der Waals surface area contributed by atoms with E-state index in [1.54, 1.807) is 0 Å². The number of β-amino-alcohol motifs (C(OH)–C–C–N with tert-alkyl or cyclic N) is 1. The number of aryl methyl sites for hydroxylation is 2. The zero-order valence-corrected chi connectivity index (χ0v) is 19.7. The number of hydrogen-bond donors (Lipinski definition) is 1. The third kappa shape index (κ3) is 4.59. The van der Waals surface area contributed by atoms with Crippen molar-refractivity contribution in [1.29, 1.82) is 0 Å². The number of piperazine rings is 1. The van der Waals surface area contributed by atoms with Crippen molar-refractivity contribution in [2.45, 2.75) is 39.3 Å². The van der Waals surface area contributed by atoms with Gasteiger partial charge in [-0.2, -0.15) is 0 Å². The SMILES string of the molecule is Cc1ccc(N2CCN(C[C@H](O)c3ccc4c(c3)C[C@H](C)N4S(C)(=O)=O)CC2)c(C)c1. The largest absolute Gasteiger partial charge is 0.387 e. The van der Waals surface area contributed by atoms with E-state index >= 15 is 0 Å². The second-order valence-corrected chi connectivity index (χ2v) is 11.0. The molecule has 1 saturated heterocycles. The molecule has 0 unspecified atom stereocenters. The van der Waals surface area contributed by atoms with E-state index in [1.165, 1.54) is 27.4 Å². The van der Waals surface area contributed by atoms with Gasteiger partial charge >= 0.3 is 0 Å². The van der Waals surface area contributed by atoms with Crippen LogP contribution >= 0.6 is 0 Å². The molecule has 2 aliphatic rings. The Morgan fingerprint density at radius 2 is 1.71 bits per heavy atom. The zero-order valence-electron chi connectivity index (χ0n) is 18.9. The molecule has 2 atom stereocenters. The fourth-order valence-corrected chi connectivity index (χ4v) is 6.28. The van der Waals surface area contributed by atoms with Crippen LogP contribution < -0.4 is 9.21 Å². The van der Waals surface area contributed by atoms with Gasteiger partial charge in [-0.1, -0.05) is 29.8 Å². The molecule has 168 valence electrons. The fourth-order valence-electron chi connectivity index (χ4n) is 5.02. The summed E-state index contributed by atoms with van der Waals surface area (Å²) in [6.07, 6.45) is 1.34. The van der Waals surface area contributed by atoms with Crippen LogP contribution in [0.3, 0.4) is 0 Å². The summed E-state index contributed by atoms with van der Waals surface area (Å²) in [6, 6.07) is 12.2. The predicted molar refractivity (Wildman–Crippen MR) is 126 cm³/mol. The number of anilines is 2. The van der Waals surface area contributed by atoms with Gasteiger partial charge in [0.05, 0.1) is 18.0 Å². The molecule has 0 bridgehead atoms. The number of benzene rings is 2. The molecule has 0 radical (unpaired) electrons. The number of rotatable bonds is 5. The molecule has 4 rings (SSSR count). The standard InChI is InChI=1S/C24H33N3O3S/c1-17-5-7-22(18(2)13-17)26-11-9-25(10-12-26)16-24(28)20-6-8-23-21(15-20)14-19(3)27(23)31(4,29)30/h5-8,13,15,19,24,28H,9-12,14,16H2,1-4H3/t19-,24-/m0/s1. The number of aliphatic hydroxyl groups excluding tert-OH is 1. The lowest BCUT2D eigenvalue weighted by Crippen LogP contribution is -2.47. The number of fused-ring (bicyclic) bond motifs is 1. The Kier molecular flexibility index (Phi) is 6.03. The average molecular weight is 444 g/mol. The van der Waals surface area contributed by atoms with Gasteiger partial charge < -0.3 is 10.0 Å². The maximum Gasteiger partial charge on any atom is 0.232 e. The molecule has 0 aliphatic carbocycles. The minimum atomic E-state index is -3.30. The first kappa shape index (κ1) is 22.1. The molecule has 1 N–H and O–H groups in total. The van der Waals surface area contributed by atoms with Crippen LogP contribution in [0.1, 0.15) is 35.3 Å². The van der Waals surface area contributed by atoms with E-state index in [0.717, 1.165) is 43.0 Å². The minimum Gasteiger partial charge on any atom is -0.387 e. The van der Waals surface area contributed by atoms with Crippen molar-refractivity contribution in [2.75, 3.05) is 48.2 Å². The molecule has 2 heterocycles. The molecule has 2 aromatic carbocycles. The van der Waals surface area contributed by atoms with Crippen LogP contribution in [0.4, 0.5) is 11.4 Å². The van der Waals surface area contributed by atoms with E-state index in [4.69, 9.17) is 0 Å². The van der Waals surface area contributed by atoms with Crippen molar-refractivity contribution >= 4 is 21.4 Å². The Hall–Kier alpha value is -2.09. The Morgan fingerprint density at radius 3 is 2.35 bits per heavy atom. The van der Waals surface area contributed by atoms with Crippen LogP contribution in [0.2, 0.25) is 0 Å². The molecular formula is C24H33N3O3S. The highest BCUT2D eigenvalue weighted by Crippen LogP contribution is 2.36. The second-order valence-electron chi connectivity index (χ2n) is 9.09. The van der Waals surface area contributed by atoms with Crippen molar-refractivity contribution in [3.8, 4) is 0 Å². The summed E-state index contributed by atoms with van der Waals surface area (Å²) in [7, 11) is -3.30. The van der Waals surface area contributed by atoms with Gasteiger partial charge in [0.2, 0.25) is 10.0 Å². The van der Waals surface area contributed by atoms with Crippen LogP contribution in [-0.4, -0.2) is 63.4 Å². The van der Waals surface area contributed by atoms with E-state index in [2.05, 4.69) is 41.8 Å². The molecule has 0 amide bonds. The van der Waals surface area contributed by atoms with Gasteiger partial charge in [-0.25, -0.2) is 8.42 Å². The zero-order chi connectivity index (χ0) is 22.3. The summed E-state index contributed by atoms with van der Waals surface area (Å²) < 4.78 is 25.7. The van der Waals surface area contributed by atoms with Crippen molar-refractivity contribution in [3.05, 3.63) is 58.7 Å². The van der Waals surface area contributed by atoms with Crippen LogP contribution in [0.25, 0.3) is 0 Å². The maximum atomic E-state index is 12.1. The lowest BCUT2D eigenvalue weighted by molar-refractivity contribution is 0.109. The van der Waals surface area contributed by atoms with Gasteiger partial charge in [0, 0.05) is 44.5 Å². The highest BCUT2D eigenvalue weighted by atomic mass is 32.2. The van der Waals surface area contributed by atoms with Gasteiger partial charge in [0.25, 0.3) is 0 Å². The number of nitrogens with zero attached hydrogens (tertiary/aromatic N) is 3. The van der Waals surface area contributed by atoms with Gasteiger partial charge in [0.1, 0.15) is 0 Å². The molecule has 7 heteroatoms.